The number of aliphatic hydroxyl groups is 5. The number of nitrogens with zero attached hydrogens (tertiary/aromatic N) is 25. The Morgan fingerprint density at radius 3 is 0.755 bits per heavy atom. The quantitative estimate of drug-likeness (QED) is 0.0718. The van der Waals surface area contributed by atoms with Gasteiger partial charge >= 0.3 is 0 Å². The number of hydrogen-bond donors (Lipinski definition) is 5. The lowest BCUT2D eigenvalue weighted by atomic mass is 9.75. The van der Waals surface area contributed by atoms with Crippen LogP contribution in [0.25, 0.3) is 0 Å². The van der Waals surface area contributed by atoms with E-state index in [0.29, 0.717) is 134 Å². The maximum absolute atomic E-state index is 13.2. The lowest BCUT2D eigenvalue weighted by Gasteiger charge is -2.40. The molecule has 7 aromatic rings. The smallest absolute Gasteiger partial charge is 0.257 e. The summed E-state index contributed by atoms with van der Waals surface area (Å²) in [6, 6.07) is 21.7. The molecule has 0 radical (unpaired) electrons. The first-order valence-electron chi connectivity index (χ1n) is 55.5. The van der Waals surface area contributed by atoms with Crippen LogP contribution in [0.5, 0.6) is 0 Å². The number of aliphatic hydroxyl groups excluding tert-OH is 5. The highest BCUT2D eigenvalue weighted by atomic mass is 16.3. The van der Waals surface area contributed by atoms with E-state index in [9.17, 15) is 49.5 Å². The van der Waals surface area contributed by atoms with E-state index in [4.69, 9.17) is 4.98 Å². The van der Waals surface area contributed by atoms with Crippen LogP contribution >= 0.6 is 0 Å². The molecular weight excluding hydrogens is 1860 g/mol. The predicted molar refractivity (Wildman–Crippen MR) is 568 cm³/mol. The molecule has 20 atom stereocenters. The van der Waals surface area contributed by atoms with Gasteiger partial charge in [0.15, 0.2) is 0 Å². The highest BCUT2D eigenvalue weighted by Crippen LogP contribution is 2.46. The fourth-order valence-corrected chi connectivity index (χ4v) is 26.7. The molecule has 5 amide bonds. The number of para-hydroxylation sites is 2. The Morgan fingerprint density at radius 1 is 0.265 bits per heavy atom. The third-order valence-electron chi connectivity index (χ3n) is 36.4. The van der Waals surface area contributed by atoms with E-state index in [-0.39, 0.29) is 60.1 Å². The van der Waals surface area contributed by atoms with Crippen LogP contribution in [0.15, 0.2) is 110 Å². The van der Waals surface area contributed by atoms with E-state index in [1.807, 2.05) is 50.5 Å². The molecular formula is C112H161N25O10. The van der Waals surface area contributed by atoms with Crippen molar-refractivity contribution in [2.45, 2.75) is 181 Å². The van der Waals surface area contributed by atoms with Gasteiger partial charge in [-0.3, -0.25) is 28.9 Å². The van der Waals surface area contributed by atoms with E-state index in [1.54, 1.807) is 49.6 Å². The molecule has 35 heteroatoms. The zero-order chi connectivity index (χ0) is 102. The Hall–Kier alpha value is -10.5. The summed E-state index contributed by atoms with van der Waals surface area (Å²) in [5.74, 6) is 9.98. The van der Waals surface area contributed by atoms with Crippen LogP contribution in [0.1, 0.15) is 194 Å². The Bertz CT molecular complexity index is 5420. The third kappa shape index (κ3) is 24.9. The van der Waals surface area contributed by atoms with Gasteiger partial charge < -0.3 is 94.1 Å². The van der Waals surface area contributed by atoms with Crippen LogP contribution in [0, 0.1) is 103 Å². The number of amides is 5. The summed E-state index contributed by atoms with van der Waals surface area (Å²) in [5, 5.41) is 50.8. The first-order valence-corrected chi connectivity index (χ1v) is 55.5. The fourth-order valence-electron chi connectivity index (χ4n) is 26.7. The molecule has 0 spiro atoms. The number of aromatic nitrogens is 10. The van der Waals surface area contributed by atoms with Crippen LogP contribution in [0.4, 0.5) is 41.1 Å². The molecule has 10 aliphatic heterocycles. The number of aryl methyl sites for hydroxylation is 2. The molecule has 794 valence electrons. The molecule has 35 nitrogen and oxygen atoms in total. The van der Waals surface area contributed by atoms with Crippen molar-refractivity contribution in [3.63, 3.8) is 0 Å². The van der Waals surface area contributed by atoms with Crippen LogP contribution in [-0.2, 0) is 0 Å². The molecule has 6 aliphatic carbocycles. The lowest BCUT2D eigenvalue weighted by Crippen LogP contribution is -2.51. The Morgan fingerprint density at radius 2 is 0.490 bits per heavy atom. The number of carbonyl (C=O) groups is 5. The number of piperazine rings is 5. The number of fused-ring (bicyclic) bond motifs is 5. The number of likely N-dealkylation sites (tertiary alicyclic amines) is 5. The van der Waals surface area contributed by atoms with E-state index >= 15 is 0 Å². The topological polar surface area (TPSA) is 364 Å². The maximum atomic E-state index is 13.2. The summed E-state index contributed by atoms with van der Waals surface area (Å²) >= 11 is 0. The molecule has 147 heavy (non-hydrogen) atoms. The predicted octanol–water partition coefficient (Wildman–Crippen LogP) is 9.01. The van der Waals surface area contributed by atoms with Crippen molar-refractivity contribution < 1.29 is 49.5 Å². The molecule has 0 bridgehead atoms. The molecule has 5 N–H and O–H groups in total. The van der Waals surface area contributed by atoms with Crippen LogP contribution in [-0.4, -0.2) is 391 Å². The van der Waals surface area contributed by atoms with Gasteiger partial charge in [0, 0.05) is 263 Å². The molecule has 20 unspecified atom stereocenters. The zero-order valence-corrected chi connectivity index (χ0v) is 88.3. The zero-order valence-electron chi connectivity index (χ0n) is 88.3. The third-order valence-corrected chi connectivity index (χ3v) is 36.4. The van der Waals surface area contributed by atoms with Gasteiger partial charge in [0.2, 0.25) is 29.7 Å². The highest BCUT2D eigenvalue weighted by molar-refractivity contribution is 5.97. The lowest BCUT2D eigenvalue weighted by molar-refractivity contribution is 0.0382. The SMILES string of the molecule is CC1CC2CN(C(=O)c3cnc(N4CCN(C)CC4)nc3)CC2CC1O.CC1CC2CN(C(=O)c3cnc(N4CCN(C5CCCCC5)CC4)nc3)CC2CC1O.CC1CC2CN(C(=O)c3cnc(N4CCN(c5ccccc5)CC4)nc3)CC2CC1O.Cc1nc(N2CCN(C)CC2)ncc1C(=O)N1CC2CC(C)C(O)CC2C1.Cc1nc(N2CCN(c3ccccc3)CC2)ncc1C(=O)N1CC2CC(C)C(O)CC2C1. The second-order valence-electron chi connectivity index (χ2n) is 46.4. The number of likely N-dealkylation sites (N-methyl/N-ethyl adjacent to an activating group) is 2. The molecule has 23 rings (SSSR count). The fraction of sp³-hybridized carbons (Fsp3) is 0.670. The molecule has 10 saturated heterocycles. The average molecular weight is 2020 g/mol. The van der Waals surface area contributed by atoms with Gasteiger partial charge in [0.05, 0.1) is 69.7 Å². The van der Waals surface area contributed by atoms with E-state index in [0.717, 1.165) is 290 Å². The van der Waals surface area contributed by atoms with Crippen molar-refractivity contribution in [1.29, 1.82) is 0 Å². The summed E-state index contributed by atoms with van der Waals surface area (Å²) < 4.78 is 0. The standard InChI is InChI=1S/C25H33N5O2.C24H37N5O2.C24H31N5O2.C20H31N5O2.C19H29N5O2/c1-17-12-19-15-30(16-20(19)13-23(17)31)24(32)22-14-26-25(27-18(22)2)29-10-8-28(9-11-29)21-6-4-3-5-7-21;2*1-17-11-18-15-29(16-19(18)12-22(17)30)23(31)20-13-25-24(26-14-20)28-9-7-27(8-10-28)21-5-3-2-4-6-21;1-13-8-15-11-25(12-16(15)9-18(13)26)19(27)17-10-21-20(22-14(17)2)24-6-4-23(3)5-7-24;1-13-7-14-11-24(12-15(14)8-17(13)25)18(26)16-9-20-19(21-10-16)23-5-3-22(2)4-6-23/h3-7,14,17,19-20,23,31H,8-13,15-16H2,1-2H3;13-14,17-19,21-22,30H,2-12,15-16H2,1H3;2-6,13-14,17-19,22,30H,7-12,15-16H2,1H3;10,13,15-16,18,26H,4-9,11-12H2,1-3H3;9-10,13-15,17,25H,3-8,11-12H2,1-2H3. The van der Waals surface area contributed by atoms with Gasteiger partial charge in [0.25, 0.3) is 29.5 Å². The van der Waals surface area contributed by atoms with Crippen LogP contribution in [0.3, 0.4) is 0 Å². The van der Waals surface area contributed by atoms with Crippen molar-refractivity contribution in [3.8, 4) is 0 Å². The molecule has 16 aliphatic rings. The molecule has 15 heterocycles. The summed E-state index contributed by atoms with van der Waals surface area (Å²) in [5.41, 5.74) is 6.91. The monoisotopic (exact) mass is 2020 g/mol. The van der Waals surface area contributed by atoms with Gasteiger partial charge in [-0.05, 0) is 218 Å². The number of anilines is 7. The average Bonchev–Trinajstić information content (AvgIpc) is 1.68. The highest BCUT2D eigenvalue weighted by Gasteiger charge is 2.49. The van der Waals surface area contributed by atoms with Crippen molar-refractivity contribution >= 4 is 70.7 Å². The second kappa shape index (κ2) is 47.3. The minimum Gasteiger partial charge on any atom is -0.393 e. The minimum absolute atomic E-state index is 0.0111. The molecule has 5 aromatic heterocycles. The van der Waals surface area contributed by atoms with Crippen molar-refractivity contribution in [1.82, 2.24) is 89.0 Å². The second-order valence-corrected chi connectivity index (χ2v) is 46.4. The summed E-state index contributed by atoms with van der Waals surface area (Å²) in [7, 11) is 4.24. The van der Waals surface area contributed by atoms with Gasteiger partial charge in [0.1, 0.15) is 0 Å². The van der Waals surface area contributed by atoms with Crippen molar-refractivity contribution in [3.05, 3.63) is 149 Å². The largest absolute Gasteiger partial charge is 0.393 e. The van der Waals surface area contributed by atoms with Gasteiger partial charge in [-0.2, -0.15) is 0 Å². The van der Waals surface area contributed by atoms with E-state index < -0.39 is 0 Å². The van der Waals surface area contributed by atoms with Crippen molar-refractivity contribution in [2.24, 2.45) is 88.8 Å². The molecule has 16 fully saturated rings. The normalized spacial score (nSPS) is 30.7. The first-order chi connectivity index (χ1) is 71.1. The van der Waals surface area contributed by atoms with Crippen LogP contribution < -0.4 is 34.3 Å². The summed E-state index contributed by atoms with van der Waals surface area (Å²) in [6.45, 7) is 40.9. The van der Waals surface area contributed by atoms with E-state index in [1.165, 1.54) is 43.5 Å². The number of benzene rings is 2. The molecule has 6 saturated carbocycles. The van der Waals surface area contributed by atoms with Gasteiger partial charge in [-0.1, -0.05) is 90.3 Å². The Balaban J connectivity index is 0.000000116. The number of hydrogen-bond acceptors (Lipinski definition) is 30. The van der Waals surface area contributed by atoms with Gasteiger partial charge in [-0.15, -0.1) is 0 Å². The number of carbonyl (C=O) groups excluding carboxylic acids is 5. The summed E-state index contributed by atoms with van der Waals surface area (Å²) in [4.78, 5) is 143. The summed E-state index contributed by atoms with van der Waals surface area (Å²) in [6.07, 6.45) is 28.3. The van der Waals surface area contributed by atoms with E-state index in [2.05, 4.69) is 191 Å². The number of rotatable bonds is 13. The van der Waals surface area contributed by atoms with Gasteiger partial charge in [-0.25, -0.2) is 49.8 Å². The first kappa shape index (κ1) is 105. The van der Waals surface area contributed by atoms with Crippen molar-refractivity contribution in [2.75, 3.05) is 245 Å². The maximum Gasteiger partial charge on any atom is 0.257 e. The Labute approximate surface area is 868 Å². The molecule has 2 aromatic carbocycles. The Kier molecular flexibility index (Phi) is 33.8. The van der Waals surface area contributed by atoms with Crippen LogP contribution in [0.2, 0.25) is 0 Å². The minimum atomic E-state index is -0.238.